The summed E-state index contributed by atoms with van der Waals surface area (Å²) in [5, 5.41) is 0. The minimum atomic E-state index is 0.313. The molecule has 17 heavy (non-hydrogen) atoms. The lowest BCUT2D eigenvalue weighted by Gasteiger charge is -2.21. The lowest BCUT2D eigenvalue weighted by atomic mass is 10.1. The number of fused-ring (bicyclic) bond motifs is 1. The van der Waals surface area contributed by atoms with E-state index in [-0.39, 0.29) is 0 Å². The van der Waals surface area contributed by atoms with Crippen LogP contribution in [0.5, 0.6) is 0 Å². The number of hydrogen-bond donors (Lipinski definition) is 1. The molecule has 3 rings (SSSR count). The Morgan fingerprint density at radius 2 is 2.41 bits per heavy atom. The van der Waals surface area contributed by atoms with Crippen LogP contribution >= 0.6 is 15.9 Å². The maximum atomic E-state index is 5.71. The Morgan fingerprint density at radius 1 is 1.47 bits per heavy atom. The molecule has 1 N–H and O–H groups in total. The molecule has 0 aliphatic carbocycles. The van der Waals surface area contributed by atoms with E-state index >= 15 is 0 Å². The zero-order valence-electron chi connectivity index (χ0n) is 9.45. The Hall–Kier alpha value is -0.940. The number of rotatable bonds is 2. The first-order chi connectivity index (χ1) is 8.31. The van der Waals surface area contributed by atoms with Crippen molar-refractivity contribution in [2.75, 3.05) is 6.61 Å². The first-order valence-corrected chi connectivity index (χ1v) is 6.72. The van der Waals surface area contributed by atoms with Crippen molar-refractivity contribution in [3.63, 3.8) is 0 Å². The second-order valence-corrected chi connectivity index (χ2v) is 5.32. The smallest absolute Gasteiger partial charge is 0.177 e. The highest BCUT2D eigenvalue weighted by Gasteiger charge is 2.16. The van der Waals surface area contributed by atoms with Crippen LogP contribution in [0.4, 0.5) is 0 Å². The molecule has 1 saturated heterocycles. The third-order valence-electron chi connectivity index (χ3n) is 3.05. The fraction of sp³-hybridized carbons (Fsp3) is 0.500. The summed E-state index contributed by atoms with van der Waals surface area (Å²) in [7, 11) is 0. The summed E-state index contributed by atoms with van der Waals surface area (Å²) in [5.74, 6) is 0.970. The molecule has 1 aliphatic rings. The summed E-state index contributed by atoms with van der Waals surface area (Å²) >= 11 is 3.41. The van der Waals surface area contributed by atoms with E-state index in [4.69, 9.17) is 4.74 Å². The molecule has 0 spiro atoms. The zero-order valence-corrected chi connectivity index (χ0v) is 11.0. The fourth-order valence-electron chi connectivity index (χ4n) is 2.21. The summed E-state index contributed by atoms with van der Waals surface area (Å²) in [6, 6.07) is 2.00. The maximum Gasteiger partial charge on any atom is 0.177 e. The highest BCUT2D eigenvalue weighted by Crippen LogP contribution is 2.19. The molecule has 1 unspecified atom stereocenters. The average molecular weight is 296 g/mol. The Morgan fingerprint density at radius 3 is 3.24 bits per heavy atom. The Bertz CT molecular complexity index is 519. The lowest BCUT2D eigenvalue weighted by molar-refractivity contribution is 0.0158. The molecule has 0 aromatic carbocycles. The van der Waals surface area contributed by atoms with Crippen molar-refractivity contribution >= 4 is 27.1 Å². The predicted molar refractivity (Wildman–Crippen MR) is 68.9 cm³/mol. The number of imidazole rings is 1. The molecule has 90 valence electrons. The summed E-state index contributed by atoms with van der Waals surface area (Å²) < 4.78 is 6.68. The number of aromatic nitrogens is 3. The number of nitrogens with one attached hydrogen (secondary N) is 1. The van der Waals surface area contributed by atoms with Crippen molar-refractivity contribution in [2.24, 2.45) is 0 Å². The Labute approximate surface area is 108 Å². The van der Waals surface area contributed by atoms with E-state index in [9.17, 15) is 0 Å². The van der Waals surface area contributed by atoms with Gasteiger partial charge < -0.3 is 9.72 Å². The van der Waals surface area contributed by atoms with Crippen LogP contribution in [0.2, 0.25) is 0 Å². The standard InChI is InChI=1S/C12H14BrN3O/c13-8-5-10-12(14-7-8)16-11(15-10)6-9-3-1-2-4-17-9/h5,7,9H,1-4,6H2,(H,14,15,16). The molecule has 0 bridgehead atoms. The first-order valence-electron chi connectivity index (χ1n) is 5.93. The zero-order chi connectivity index (χ0) is 11.7. The van der Waals surface area contributed by atoms with Gasteiger partial charge in [0, 0.05) is 23.7 Å². The summed E-state index contributed by atoms with van der Waals surface area (Å²) in [6.45, 7) is 0.884. The van der Waals surface area contributed by atoms with Crippen molar-refractivity contribution in [3.05, 3.63) is 22.6 Å². The number of H-pyrrole nitrogens is 1. The van der Waals surface area contributed by atoms with Crippen LogP contribution in [0.1, 0.15) is 25.1 Å². The van der Waals surface area contributed by atoms with Crippen LogP contribution < -0.4 is 0 Å². The molecule has 2 aromatic rings. The Kier molecular flexibility index (Phi) is 3.11. The molecule has 1 aliphatic heterocycles. The van der Waals surface area contributed by atoms with Gasteiger partial charge in [0.25, 0.3) is 0 Å². The number of nitrogens with zero attached hydrogens (tertiary/aromatic N) is 2. The summed E-state index contributed by atoms with van der Waals surface area (Å²) in [4.78, 5) is 12.0. The molecule has 1 fully saturated rings. The first kappa shape index (κ1) is 11.2. The second kappa shape index (κ2) is 4.74. The van der Waals surface area contributed by atoms with Gasteiger partial charge in [0.2, 0.25) is 0 Å². The molecule has 0 amide bonds. The van der Waals surface area contributed by atoms with E-state index in [2.05, 4.69) is 30.9 Å². The minimum Gasteiger partial charge on any atom is -0.378 e. The third kappa shape index (κ3) is 2.50. The van der Waals surface area contributed by atoms with Crippen LogP contribution in [-0.2, 0) is 11.2 Å². The minimum absolute atomic E-state index is 0.313. The van der Waals surface area contributed by atoms with Crippen LogP contribution in [0.3, 0.4) is 0 Å². The predicted octanol–water partition coefficient (Wildman–Crippen LogP) is 2.83. The molecule has 0 radical (unpaired) electrons. The SMILES string of the molecule is Brc1cnc2nc(CC3CCCCO3)[nH]c2c1. The van der Waals surface area contributed by atoms with Crippen molar-refractivity contribution in [2.45, 2.75) is 31.8 Å². The molecule has 3 heterocycles. The lowest BCUT2D eigenvalue weighted by Crippen LogP contribution is -2.21. The Balaban J connectivity index is 1.80. The van der Waals surface area contributed by atoms with Gasteiger partial charge in [-0.25, -0.2) is 9.97 Å². The van der Waals surface area contributed by atoms with Gasteiger partial charge in [-0.05, 0) is 41.3 Å². The van der Waals surface area contributed by atoms with Gasteiger partial charge in [0.05, 0.1) is 11.6 Å². The second-order valence-electron chi connectivity index (χ2n) is 4.40. The van der Waals surface area contributed by atoms with Gasteiger partial charge >= 0.3 is 0 Å². The van der Waals surface area contributed by atoms with E-state index in [1.165, 1.54) is 12.8 Å². The van der Waals surface area contributed by atoms with E-state index in [1.54, 1.807) is 6.20 Å². The molecule has 0 saturated carbocycles. The van der Waals surface area contributed by atoms with E-state index in [1.807, 2.05) is 6.07 Å². The van der Waals surface area contributed by atoms with Crippen molar-refractivity contribution in [1.82, 2.24) is 15.0 Å². The highest BCUT2D eigenvalue weighted by atomic mass is 79.9. The largest absolute Gasteiger partial charge is 0.378 e. The molecule has 2 aromatic heterocycles. The van der Waals surface area contributed by atoms with Crippen molar-refractivity contribution in [1.29, 1.82) is 0 Å². The van der Waals surface area contributed by atoms with Crippen LogP contribution in [0.15, 0.2) is 16.7 Å². The summed E-state index contributed by atoms with van der Waals surface area (Å²) in [6.07, 6.45) is 6.51. The van der Waals surface area contributed by atoms with E-state index in [0.29, 0.717) is 6.10 Å². The third-order valence-corrected chi connectivity index (χ3v) is 3.48. The van der Waals surface area contributed by atoms with Gasteiger partial charge in [-0.15, -0.1) is 0 Å². The number of hydrogen-bond acceptors (Lipinski definition) is 3. The molecule has 5 heteroatoms. The van der Waals surface area contributed by atoms with Crippen molar-refractivity contribution < 1.29 is 4.74 Å². The molecular weight excluding hydrogens is 282 g/mol. The number of halogens is 1. The van der Waals surface area contributed by atoms with Gasteiger partial charge in [0.1, 0.15) is 5.82 Å². The van der Waals surface area contributed by atoms with Gasteiger partial charge in [-0.1, -0.05) is 0 Å². The van der Waals surface area contributed by atoms with Crippen LogP contribution in [0, 0.1) is 0 Å². The van der Waals surface area contributed by atoms with E-state index in [0.717, 1.165) is 40.9 Å². The monoisotopic (exact) mass is 295 g/mol. The van der Waals surface area contributed by atoms with Gasteiger partial charge in [-0.3, -0.25) is 0 Å². The molecule has 4 nitrogen and oxygen atoms in total. The van der Waals surface area contributed by atoms with Crippen LogP contribution in [0.25, 0.3) is 11.2 Å². The maximum absolute atomic E-state index is 5.71. The number of pyridine rings is 1. The van der Waals surface area contributed by atoms with Gasteiger partial charge in [-0.2, -0.15) is 0 Å². The highest BCUT2D eigenvalue weighted by molar-refractivity contribution is 9.10. The average Bonchev–Trinajstić information content (AvgIpc) is 2.71. The van der Waals surface area contributed by atoms with Crippen LogP contribution in [-0.4, -0.2) is 27.7 Å². The number of ether oxygens (including phenoxy) is 1. The van der Waals surface area contributed by atoms with Gasteiger partial charge in [0.15, 0.2) is 5.65 Å². The topological polar surface area (TPSA) is 50.8 Å². The summed E-state index contributed by atoms with van der Waals surface area (Å²) in [5.41, 5.74) is 1.75. The van der Waals surface area contributed by atoms with Crippen molar-refractivity contribution in [3.8, 4) is 0 Å². The quantitative estimate of drug-likeness (QED) is 0.927. The fourth-order valence-corrected chi connectivity index (χ4v) is 2.54. The van der Waals surface area contributed by atoms with E-state index < -0.39 is 0 Å². The molecule has 1 atom stereocenters. The normalized spacial score (nSPS) is 20.9. The number of aromatic amines is 1. The molecular formula is C12H14BrN3O.